The Morgan fingerprint density at radius 2 is 1.96 bits per heavy atom. The van der Waals surface area contributed by atoms with Crippen molar-refractivity contribution in [1.82, 2.24) is 9.78 Å². The molecule has 5 atom stereocenters. The van der Waals surface area contributed by atoms with Gasteiger partial charge in [-0.15, -0.1) is 0 Å². The van der Waals surface area contributed by atoms with Crippen molar-refractivity contribution >= 4 is 10.9 Å². The van der Waals surface area contributed by atoms with Crippen LogP contribution in [-0.4, -0.2) is 67.3 Å². The van der Waals surface area contributed by atoms with Crippen LogP contribution in [-0.2, 0) is 11.8 Å². The number of para-hydroxylation sites is 1. The van der Waals surface area contributed by atoms with Crippen LogP contribution < -0.4 is 0 Å². The summed E-state index contributed by atoms with van der Waals surface area (Å²) in [6, 6.07) is 5.66. The summed E-state index contributed by atoms with van der Waals surface area (Å²) in [4.78, 5) is 0. The van der Waals surface area contributed by atoms with Gasteiger partial charge in [0.1, 0.15) is 30.5 Å². The third-order valence-corrected chi connectivity index (χ3v) is 4.29. The Bertz CT molecular complexity index is 804. The number of nitrogens with zero attached hydrogens (tertiary/aromatic N) is 2. The predicted molar refractivity (Wildman–Crippen MR) is 86.1 cm³/mol. The molecule has 0 unspecified atom stereocenters. The molecule has 4 N–H and O–H groups in total. The SMILES string of the molecule is Cc1nn(C)c2c(C#C[C@H]3O[C@H](CO)[C@@H](O)[C@H](O)[C@@H]3O)cccc12. The highest BCUT2D eigenvalue weighted by atomic mass is 16.5. The predicted octanol–water partition coefficient (Wildman–Crippen LogP) is -0.924. The maximum absolute atomic E-state index is 10.0. The van der Waals surface area contributed by atoms with Crippen LogP contribution in [0.15, 0.2) is 18.2 Å². The fourth-order valence-electron chi connectivity index (χ4n) is 2.98. The molecule has 2 heterocycles. The summed E-state index contributed by atoms with van der Waals surface area (Å²) < 4.78 is 7.13. The Morgan fingerprint density at radius 1 is 1.21 bits per heavy atom. The Morgan fingerprint density at radius 3 is 2.67 bits per heavy atom. The molecule has 1 aromatic heterocycles. The molecule has 0 bridgehead atoms. The zero-order chi connectivity index (χ0) is 17.4. The number of aromatic nitrogens is 2. The maximum Gasteiger partial charge on any atom is 0.147 e. The standard InChI is InChI=1S/C17H20N2O5/c1-9-11-5-3-4-10(14(11)19(2)18-9)6-7-12-15(21)17(23)16(22)13(8-20)24-12/h3-5,12-13,15-17,20-23H,8H2,1-2H3/t12-,13-,15-,16-,17-/m1/s1. The normalized spacial score (nSPS) is 30.2. The lowest BCUT2D eigenvalue weighted by molar-refractivity contribution is -0.214. The van der Waals surface area contributed by atoms with Gasteiger partial charge in [0.15, 0.2) is 0 Å². The van der Waals surface area contributed by atoms with Crippen LogP contribution in [0, 0.1) is 18.8 Å². The molecule has 0 aliphatic carbocycles. The summed E-state index contributed by atoms with van der Waals surface area (Å²) in [6.45, 7) is 1.44. The molecule has 1 aliphatic rings. The van der Waals surface area contributed by atoms with E-state index in [1.807, 2.05) is 32.2 Å². The van der Waals surface area contributed by atoms with Crippen molar-refractivity contribution in [2.45, 2.75) is 37.4 Å². The average molecular weight is 332 g/mol. The second-order valence-electron chi connectivity index (χ2n) is 5.93. The Balaban J connectivity index is 1.95. The van der Waals surface area contributed by atoms with Crippen molar-refractivity contribution < 1.29 is 25.2 Å². The van der Waals surface area contributed by atoms with Gasteiger partial charge in [-0.1, -0.05) is 24.0 Å². The minimum atomic E-state index is -1.43. The van der Waals surface area contributed by atoms with Crippen molar-refractivity contribution in [3.8, 4) is 11.8 Å². The van der Waals surface area contributed by atoms with Gasteiger partial charge in [0.05, 0.1) is 23.4 Å². The van der Waals surface area contributed by atoms with Crippen molar-refractivity contribution in [1.29, 1.82) is 0 Å². The number of benzene rings is 1. The molecule has 1 aromatic carbocycles. The van der Waals surface area contributed by atoms with Gasteiger partial charge in [-0.05, 0) is 13.0 Å². The number of aliphatic hydroxyl groups excluding tert-OH is 4. The molecule has 128 valence electrons. The highest BCUT2D eigenvalue weighted by Crippen LogP contribution is 2.23. The fraction of sp³-hybridized carbons (Fsp3) is 0.471. The van der Waals surface area contributed by atoms with E-state index in [0.29, 0.717) is 5.56 Å². The Hall–Kier alpha value is -1.95. The summed E-state index contributed by atoms with van der Waals surface area (Å²) in [5, 5.41) is 44.2. The molecule has 7 nitrogen and oxygen atoms in total. The van der Waals surface area contributed by atoms with Crippen molar-refractivity contribution in [3.63, 3.8) is 0 Å². The highest BCUT2D eigenvalue weighted by Gasteiger charge is 2.42. The monoisotopic (exact) mass is 332 g/mol. The number of aliphatic hydroxyl groups is 4. The molecule has 3 rings (SSSR count). The molecule has 0 radical (unpaired) electrons. The van der Waals surface area contributed by atoms with Gasteiger partial charge in [0.25, 0.3) is 0 Å². The van der Waals surface area contributed by atoms with Gasteiger partial charge in [0.2, 0.25) is 0 Å². The van der Waals surface area contributed by atoms with E-state index in [-0.39, 0.29) is 0 Å². The van der Waals surface area contributed by atoms with E-state index in [2.05, 4.69) is 16.9 Å². The second kappa shape index (κ2) is 6.51. The van der Waals surface area contributed by atoms with Crippen molar-refractivity contribution in [2.24, 2.45) is 7.05 Å². The number of rotatable bonds is 1. The van der Waals surface area contributed by atoms with Gasteiger partial charge in [-0.3, -0.25) is 4.68 Å². The van der Waals surface area contributed by atoms with E-state index in [4.69, 9.17) is 4.74 Å². The first kappa shape index (κ1) is 16.9. The number of hydrogen-bond donors (Lipinski definition) is 4. The van der Waals surface area contributed by atoms with E-state index < -0.39 is 37.1 Å². The first-order valence-corrected chi connectivity index (χ1v) is 7.68. The van der Waals surface area contributed by atoms with Crippen molar-refractivity contribution in [2.75, 3.05) is 6.61 Å². The third-order valence-electron chi connectivity index (χ3n) is 4.29. The molecule has 1 saturated heterocycles. The zero-order valence-electron chi connectivity index (χ0n) is 13.4. The van der Waals surface area contributed by atoms with Crippen LogP contribution in [0.25, 0.3) is 10.9 Å². The lowest BCUT2D eigenvalue weighted by Crippen LogP contribution is -2.58. The Kier molecular flexibility index (Phi) is 4.58. The fourth-order valence-corrected chi connectivity index (χ4v) is 2.98. The van der Waals surface area contributed by atoms with Gasteiger partial charge in [0, 0.05) is 12.4 Å². The van der Waals surface area contributed by atoms with Gasteiger partial charge >= 0.3 is 0 Å². The molecule has 7 heteroatoms. The quantitative estimate of drug-likeness (QED) is 0.503. The first-order valence-electron chi connectivity index (χ1n) is 7.68. The van der Waals surface area contributed by atoms with Crippen LogP contribution in [0.5, 0.6) is 0 Å². The van der Waals surface area contributed by atoms with Gasteiger partial charge < -0.3 is 25.2 Å². The van der Waals surface area contributed by atoms with Crippen LogP contribution in [0.2, 0.25) is 0 Å². The average Bonchev–Trinajstić information content (AvgIpc) is 2.87. The lowest BCUT2D eigenvalue weighted by Gasteiger charge is -2.37. The molecule has 0 saturated carbocycles. The number of ether oxygens (including phenoxy) is 1. The van der Waals surface area contributed by atoms with Crippen LogP contribution in [0.3, 0.4) is 0 Å². The molecule has 1 aliphatic heterocycles. The van der Waals surface area contributed by atoms with E-state index in [9.17, 15) is 20.4 Å². The second-order valence-corrected chi connectivity index (χ2v) is 5.93. The summed E-state index contributed by atoms with van der Waals surface area (Å²) in [6.07, 6.45) is -6.14. The van der Waals surface area contributed by atoms with E-state index in [0.717, 1.165) is 16.6 Å². The number of fused-ring (bicyclic) bond motifs is 1. The molecule has 0 amide bonds. The zero-order valence-corrected chi connectivity index (χ0v) is 13.4. The van der Waals surface area contributed by atoms with Gasteiger partial charge in [-0.2, -0.15) is 5.10 Å². The summed E-state index contributed by atoms with van der Waals surface area (Å²) in [5.41, 5.74) is 2.48. The van der Waals surface area contributed by atoms with E-state index in [1.165, 1.54) is 0 Å². The summed E-state index contributed by atoms with van der Waals surface area (Å²) in [5.74, 6) is 5.74. The molecule has 2 aromatic rings. The Labute approximate surface area is 139 Å². The van der Waals surface area contributed by atoms with Crippen LogP contribution >= 0.6 is 0 Å². The molecular formula is C17H20N2O5. The smallest absolute Gasteiger partial charge is 0.147 e. The van der Waals surface area contributed by atoms with Crippen LogP contribution in [0.4, 0.5) is 0 Å². The van der Waals surface area contributed by atoms with Crippen LogP contribution in [0.1, 0.15) is 11.3 Å². The highest BCUT2D eigenvalue weighted by molar-refractivity contribution is 5.87. The third kappa shape index (κ3) is 2.79. The van der Waals surface area contributed by atoms with E-state index >= 15 is 0 Å². The molecular weight excluding hydrogens is 312 g/mol. The number of hydrogen-bond acceptors (Lipinski definition) is 6. The minimum absolute atomic E-state index is 0.473. The van der Waals surface area contributed by atoms with Gasteiger partial charge in [-0.25, -0.2) is 0 Å². The topological polar surface area (TPSA) is 108 Å². The molecule has 0 spiro atoms. The molecule has 24 heavy (non-hydrogen) atoms. The lowest BCUT2D eigenvalue weighted by atomic mass is 9.95. The van der Waals surface area contributed by atoms with E-state index in [1.54, 1.807) is 4.68 Å². The first-order chi connectivity index (χ1) is 11.4. The maximum atomic E-state index is 10.0. The summed E-state index contributed by atoms with van der Waals surface area (Å²) >= 11 is 0. The number of aryl methyl sites for hydroxylation is 2. The van der Waals surface area contributed by atoms with Crippen molar-refractivity contribution in [3.05, 3.63) is 29.5 Å². The summed E-state index contributed by atoms with van der Waals surface area (Å²) in [7, 11) is 1.83. The minimum Gasteiger partial charge on any atom is -0.394 e. The largest absolute Gasteiger partial charge is 0.394 e. The molecule has 1 fully saturated rings.